The summed E-state index contributed by atoms with van der Waals surface area (Å²) in [6, 6.07) is 0. The van der Waals surface area contributed by atoms with Crippen molar-refractivity contribution in [1.82, 2.24) is 9.55 Å². The lowest BCUT2D eigenvalue weighted by atomic mass is 9.86. The normalized spacial score (nSPS) is 13.0. The fraction of sp³-hybridized carbons (Fsp3) is 0.636. The molecule has 90 valence electrons. The van der Waals surface area contributed by atoms with Crippen LogP contribution < -0.4 is 5.73 Å². The fourth-order valence-electron chi connectivity index (χ4n) is 1.54. The Bertz CT molecular complexity index is 330. The van der Waals surface area contributed by atoms with Crippen molar-refractivity contribution in [3.63, 3.8) is 0 Å². The van der Waals surface area contributed by atoms with E-state index in [4.69, 9.17) is 10.9 Å². The molecular formula is C11H20N4O. The maximum atomic E-state index is 8.63. The molecule has 0 radical (unpaired) electrons. The van der Waals surface area contributed by atoms with Crippen molar-refractivity contribution in [3.05, 3.63) is 18.7 Å². The van der Waals surface area contributed by atoms with Crippen molar-refractivity contribution in [3.8, 4) is 0 Å². The molecule has 0 saturated heterocycles. The van der Waals surface area contributed by atoms with Gasteiger partial charge in [0.1, 0.15) is 5.84 Å². The summed E-state index contributed by atoms with van der Waals surface area (Å²) in [7, 11) is 0. The Kier molecular flexibility index (Phi) is 4.34. The number of aromatic nitrogens is 2. The molecule has 0 amide bonds. The molecule has 3 N–H and O–H groups in total. The minimum Gasteiger partial charge on any atom is -0.409 e. The first-order valence-corrected chi connectivity index (χ1v) is 5.50. The average Bonchev–Trinajstić information content (AvgIpc) is 2.76. The number of hydrogen-bond acceptors (Lipinski definition) is 3. The standard InChI is InChI=1S/C11H20N4O/c1-11(2,10(12)14-16)5-3-4-7-15-8-6-13-9-15/h6,8-9,16H,3-5,7H2,1-2H3,(H2,12,14). The molecule has 5 heteroatoms. The van der Waals surface area contributed by atoms with Crippen molar-refractivity contribution in [2.24, 2.45) is 16.3 Å². The third kappa shape index (κ3) is 3.56. The van der Waals surface area contributed by atoms with Gasteiger partial charge in [0.25, 0.3) is 0 Å². The van der Waals surface area contributed by atoms with Gasteiger partial charge < -0.3 is 15.5 Å². The van der Waals surface area contributed by atoms with Crippen LogP contribution in [-0.2, 0) is 6.54 Å². The summed E-state index contributed by atoms with van der Waals surface area (Å²) in [5.41, 5.74) is 5.38. The molecule has 0 atom stereocenters. The quantitative estimate of drug-likeness (QED) is 0.254. The summed E-state index contributed by atoms with van der Waals surface area (Å²) in [6.45, 7) is 4.94. The summed E-state index contributed by atoms with van der Waals surface area (Å²) in [5, 5.41) is 11.7. The van der Waals surface area contributed by atoms with E-state index < -0.39 is 0 Å². The topological polar surface area (TPSA) is 76.4 Å². The van der Waals surface area contributed by atoms with E-state index in [9.17, 15) is 0 Å². The van der Waals surface area contributed by atoms with Crippen LogP contribution in [0.2, 0.25) is 0 Å². The monoisotopic (exact) mass is 224 g/mol. The van der Waals surface area contributed by atoms with E-state index in [0.29, 0.717) is 5.84 Å². The number of unbranched alkanes of at least 4 members (excludes halogenated alkanes) is 1. The molecular weight excluding hydrogens is 204 g/mol. The molecule has 0 spiro atoms. The summed E-state index contributed by atoms with van der Waals surface area (Å²) < 4.78 is 2.05. The van der Waals surface area contributed by atoms with Gasteiger partial charge in [-0.25, -0.2) is 4.98 Å². The van der Waals surface area contributed by atoms with Crippen LogP contribution in [0.3, 0.4) is 0 Å². The van der Waals surface area contributed by atoms with Crippen LogP contribution in [0.25, 0.3) is 0 Å². The van der Waals surface area contributed by atoms with Gasteiger partial charge in [0.05, 0.1) is 6.33 Å². The van der Waals surface area contributed by atoms with Crippen molar-refractivity contribution in [2.75, 3.05) is 0 Å². The number of hydrogen-bond donors (Lipinski definition) is 2. The van der Waals surface area contributed by atoms with Crippen molar-refractivity contribution < 1.29 is 5.21 Å². The number of nitrogens with two attached hydrogens (primary N) is 1. The van der Waals surface area contributed by atoms with Gasteiger partial charge in [0, 0.05) is 24.4 Å². The van der Waals surface area contributed by atoms with Gasteiger partial charge in [-0.1, -0.05) is 25.4 Å². The van der Waals surface area contributed by atoms with Gasteiger partial charge in [0.15, 0.2) is 0 Å². The summed E-state index contributed by atoms with van der Waals surface area (Å²) in [6.07, 6.45) is 8.57. The molecule has 1 rings (SSSR count). The Morgan fingerprint density at radius 2 is 2.25 bits per heavy atom. The van der Waals surface area contributed by atoms with Crippen molar-refractivity contribution >= 4 is 5.84 Å². The van der Waals surface area contributed by atoms with Crippen LogP contribution in [0, 0.1) is 5.41 Å². The van der Waals surface area contributed by atoms with Crippen LogP contribution in [0.4, 0.5) is 0 Å². The van der Waals surface area contributed by atoms with Crippen LogP contribution in [0.5, 0.6) is 0 Å². The lowest BCUT2D eigenvalue weighted by molar-refractivity contribution is 0.304. The van der Waals surface area contributed by atoms with Crippen molar-refractivity contribution in [1.29, 1.82) is 0 Å². The summed E-state index contributed by atoms with van der Waals surface area (Å²) in [5.74, 6) is 0.301. The van der Waals surface area contributed by atoms with Gasteiger partial charge >= 0.3 is 0 Å². The maximum absolute atomic E-state index is 8.63. The third-order valence-electron chi connectivity index (χ3n) is 2.83. The highest BCUT2D eigenvalue weighted by Gasteiger charge is 2.22. The molecule has 16 heavy (non-hydrogen) atoms. The van der Waals surface area contributed by atoms with Gasteiger partial charge in [-0.2, -0.15) is 0 Å². The van der Waals surface area contributed by atoms with Crippen LogP contribution in [0.1, 0.15) is 33.1 Å². The average molecular weight is 224 g/mol. The molecule has 0 unspecified atom stereocenters. The highest BCUT2D eigenvalue weighted by atomic mass is 16.4. The number of amidine groups is 1. The number of nitrogens with zero attached hydrogens (tertiary/aromatic N) is 3. The molecule has 5 nitrogen and oxygen atoms in total. The summed E-state index contributed by atoms with van der Waals surface area (Å²) in [4.78, 5) is 3.98. The smallest absolute Gasteiger partial charge is 0.144 e. The van der Waals surface area contributed by atoms with E-state index >= 15 is 0 Å². The second kappa shape index (κ2) is 5.53. The molecule has 0 aliphatic heterocycles. The Hall–Kier alpha value is -1.52. The predicted molar refractivity (Wildman–Crippen MR) is 63.3 cm³/mol. The number of oxime groups is 1. The molecule has 0 bridgehead atoms. The van der Waals surface area contributed by atoms with Gasteiger partial charge in [0.2, 0.25) is 0 Å². The summed E-state index contributed by atoms with van der Waals surface area (Å²) >= 11 is 0. The van der Waals surface area contributed by atoms with E-state index in [1.54, 1.807) is 6.20 Å². The molecule has 0 saturated carbocycles. The molecule has 1 heterocycles. The predicted octanol–water partition coefficient (Wildman–Crippen LogP) is 1.83. The molecule has 1 aromatic heterocycles. The molecule has 0 aliphatic carbocycles. The highest BCUT2D eigenvalue weighted by molar-refractivity contribution is 5.85. The fourth-order valence-corrected chi connectivity index (χ4v) is 1.54. The number of aryl methyl sites for hydroxylation is 1. The Balaban J connectivity index is 2.25. The molecule has 0 fully saturated rings. The minimum absolute atomic E-state index is 0.232. The van der Waals surface area contributed by atoms with Crippen molar-refractivity contribution in [2.45, 2.75) is 39.7 Å². The van der Waals surface area contributed by atoms with E-state index in [1.807, 2.05) is 26.4 Å². The lowest BCUT2D eigenvalue weighted by Gasteiger charge is -2.22. The Labute approximate surface area is 96.0 Å². The second-order valence-corrected chi connectivity index (χ2v) is 4.63. The van der Waals surface area contributed by atoms with Gasteiger partial charge in [-0.3, -0.25) is 0 Å². The zero-order chi connectivity index (χ0) is 12.0. The largest absolute Gasteiger partial charge is 0.409 e. The Morgan fingerprint density at radius 1 is 1.50 bits per heavy atom. The van der Waals surface area contributed by atoms with Crippen LogP contribution in [-0.4, -0.2) is 20.6 Å². The zero-order valence-corrected chi connectivity index (χ0v) is 9.93. The highest BCUT2D eigenvalue weighted by Crippen LogP contribution is 2.23. The van der Waals surface area contributed by atoms with E-state index in [0.717, 1.165) is 25.8 Å². The maximum Gasteiger partial charge on any atom is 0.144 e. The SMILES string of the molecule is CC(C)(CCCCn1ccnc1)/C(N)=N/O. The minimum atomic E-state index is -0.232. The molecule has 0 aromatic carbocycles. The lowest BCUT2D eigenvalue weighted by Crippen LogP contribution is -2.31. The first-order valence-electron chi connectivity index (χ1n) is 5.50. The first-order chi connectivity index (χ1) is 7.56. The van der Waals surface area contributed by atoms with Crippen LogP contribution in [0.15, 0.2) is 23.9 Å². The van der Waals surface area contributed by atoms with Gasteiger partial charge in [-0.05, 0) is 12.8 Å². The Morgan fingerprint density at radius 3 is 2.81 bits per heavy atom. The first kappa shape index (κ1) is 12.5. The van der Waals surface area contributed by atoms with E-state index in [2.05, 4.69) is 14.7 Å². The van der Waals surface area contributed by atoms with Gasteiger partial charge in [-0.15, -0.1) is 0 Å². The zero-order valence-electron chi connectivity index (χ0n) is 9.93. The van der Waals surface area contributed by atoms with Crippen LogP contribution >= 0.6 is 0 Å². The number of imidazole rings is 1. The third-order valence-corrected chi connectivity index (χ3v) is 2.83. The van der Waals surface area contributed by atoms with E-state index in [1.165, 1.54) is 0 Å². The van der Waals surface area contributed by atoms with E-state index in [-0.39, 0.29) is 5.41 Å². The molecule has 1 aromatic rings. The number of rotatable bonds is 6. The second-order valence-electron chi connectivity index (χ2n) is 4.63. The molecule has 0 aliphatic rings.